The van der Waals surface area contributed by atoms with Crippen LogP contribution < -0.4 is 0 Å². The van der Waals surface area contributed by atoms with E-state index in [1.165, 1.54) is 12.1 Å². The molecule has 0 saturated heterocycles. The molecule has 0 radical (unpaired) electrons. The molecule has 0 aliphatic carbocycles. The summed E-state index contributed by atoms with van der Waals surface area (Å²) in [5, 5.41) is 0. The third-order valence-corrected chi connectivity index (χ3v) is 3.63. The summed E-state index contributed by atoms with van der Waals surface area (Å²) in [4.78, 5) is 12.3. The molecular weight excluding hydrogens is 284 g/mol. The molecule has 0 amide bonds. The fraction of sp³-hybridized carbons (Fsp3) is 0.118. The highest BCUT2D eigenvalue weighted by atomic mass is 19.1. The second-order valence-corrected chi connectivity index (χ2v) is 5.03. The van der Waals surface area contributed by atoms with Gasteiger partial charge in [0.25, 0.3) is 0 Å². The summed E-state index contributed by atoms with van der Waals surface area (Å²) in [5.74, 6) is -1.20. The van der Waals surface area contributed by atoms with Gasteiger partial charge in [0, 0.05) is 6.20 Å². The Kier molecular flexibility index (Phi) is 3.63. The summed E-state index contributed by atoms with van der Waals surface area (Å²) in [6.07, 6.45) is 1.63. The van der Waals surface area contributed by atoms with E-state index in [9.17, 15) is 8.78 Å². The molecule has 110 valence electrons. The number of nitrogens with zero attached hydrogens (tertiary/aromatic N) is 3. The van der Waals surface area contributed by atoms with Gasteiger partial charge in [0.2, 0.25) is 11.9 Å². The Morgan fingerprint density at radius 3 is 1.73 bits per heavy atom. The summed E-state index contributed by atoms with van der Waals surface area (Å²) in [6, 6.07) is 14.4. The monoisotopic (exact) mass is 297 g/mol. The van der Waals surface area contributed by atoms with Gasteiger partial charge in [-0.3, -0.25) is 4.98 Å². The lowest BCUT2D eigenvalue weighted by atomic mass is 9.79. The van der Waals surface area contributed by atoms with E-state index in [1.807, 2.05) is 6.07 Å². The van der Waals surface area contributed by atoms with Crippen LogP contribution in [0.3, 0.4) is 0 Å². The van der Waals surface area contributed by atoms with E-state index in [0.717, 1.165) is 0 Å². The molecule has 0 unspecified atom stereocenters. The Morgan fingerprint density at radius 2 is 1.27 bits per heavy atom. The first-order valence-corrected chi connectivity index (χ1v) is 6.78. The lowest BCUT2D eigenvalue weighted by Gasteiger charge is -2.28. The third kappa shape index (κ3) is 2.45. The van der Waals surface area contributed by atoms with Gasteiger partial charge in [0.15, 0.2) is 0 Å². The molecule has 0 bridgehead atoms. The van der Waals surface area contributed by atoms with Gasteiger partial charge in [-0.15, -0.1) is 0 Å². The highest BCUT2D eigenvalue weighted by Gasteiger charge is 2.36. The molecule has 0 N–H and O–H groups in total. The molecule has 0 aliphatic heterocycles. The summed E-state index contributed by atoms with van der Waals surface area (Å²) in [7, 11) is 0. The van der Waals surface area contributed by atoms with Crippen molar-refractivity contribution in [3.63, 3.8) is 0 Å². The molecule has 0 fully saturated rings. The van der Waals surface area contributed by atoms with Crippen LogP contribution in [0.4, 0.5) is 8.78 Å². The molecule has 0 spiro atoms. The fourth-order valence-corrected chi connectivity index (χ4v) is 2.43. The predicted molar refractivity (Wildman–Crippen MR) is 78.2 cm³/mol. The van der Waals surface area contributed by atoms with E-state index in [-0.39, 0.29) is 0 Å². The van der Waals surface area contributed by atoms with Gasteiger partial charge in [0.1, 0.15) is 0 Å². The van der Waals surface area contributed by atoms with Crippen LogP contribution in [0.1, 0.15) is 24.0 Å². The van der Waals surface area contributed by atoms with Crippen molar-refractivity contribution in [3.05, 3.63) is 89.8 Å². The summed E-state index contributed by atoms with van der Waals surface area (Å²) in [5.41, 5.74) is 0.505. The van der Waals surface area contributed by atoms with Crippen LogP contribution in [-0.4, -0.2) is 15.0 Å². The maximum atomic E-state index is 13.6. The second-order valence-electron chi connectivity index (χ2n) is 5.03. The Balaban J connectivity index is 2.27. The summed E-state index contributed by atoms with van der Waals surface area (Å²) in [6.45, 7) is 1.80. The number of hydrogen-bond donors (Lipinski definition) is 0. The minimum absolute atomic E-state index is 0.421. The summed E-state index contributed by atoms with van der Waals surface area (Å²) < 4.78 is 27.2. The molecule has 3 aromatic heterocycles. The van der Waals surface area contributed by atoms with Crippen molar-refractivity contribution in [1.29, 1.82) is 0 Å². The Hall–Kier alpha value is -2.69. The molecule has 3 nitrogen and oxygen atoms in total. The van der Waals surface area contributed by atoms with E-state index in [0.29, 0.717) is 17.1 Å². The average molecular weight is 297 g/mol. The quantitative estimate of drug-likeness (QED) is 0.694. The van der Waals surface area contributed by atoms with Crippen molar-refractivity contribution >= 4 is 0 Å². The van der Waals surface area contributed by atoms with E-state index in [4.69, 9.17) is 0 Å². The van der Waals surface area contributed by atoms with E-state index in [1.54, 1.807) is 49.5 Å². The zero-order valence-electron chi connectivity index (χ0n) is 11.9. The van der Waals surface area contributed by atoms with Crippen LogP contribution >= 0.6 is 0 Å². The molecule has 22 heavy (non-hydrogen) atoms. The minimum atomic E-state index is -0.953. The maximum Gasteiger partial charge on any atom is 0.213 e. The van der Waals surface area contributed by atoms with Gasteiger partial charge in [-0.05, 0) is 43.3 Å². The Labute approximate surface area is 126 Å². The number of rotatable bonds is 3. The Morgan fingerprint density at radius 1 is 0.727 bits per heavy atom. The lowest BCUT2D eigenvalue weighted by Crippen LogP contribution is -2.29. The largest absolute Gasteiger partial charge is 0.260 e. The molecule has 3 rings (SSSR count). The molecule has 0 saturated carbocycles. The van der Waals surface area contributed by atoms with Gasteiger partial charge < -0.3 is 0 Å². The van der Waals surface area contributed by atoms with E-state index < -0.39 is 17.3 Å². The number of halogens is 2. The van der Waals surface area contributed by atoms with Crippen molar-refractivity contribution in [2.45, 2.75) is 12.3 Å². The van der Waals surface area contributed by atoms with Gasteiger partial charge in [-0.2, -0.15) is 8.78 Å². The zero-order valence-corrected chi connectivity index (χ0v) is 11.9. The normalized spacial score (nSPS) is 11.4. The van der Waals surface area contributed by atoms with Gasteiger partial charge in [-0.25, -0.2) is 9.97 Å². The summed E-state index contributed by atoms with van der Waals surface area (Å²) >= 11 is 0. The van der Waals surface area contributed by atoms with Crippen molar-refractivity contribution < 1.29 is 8.78 Å². The van der Waals surface area contributed by atoms with Gasteiger partial charge in [-0.1, -0.05) is 18.2 Å². The molecule has 3 aromatic rings. The van der Waals surface area contributed by atoms with Gasteiger partial charge in [0.05, 0.1) is 22.5 Å². The van der Waals surface area contributed by atoms with Crippen LogP contribution in [0, 0.1) is 11.9 Å². The predicted octanol–water partition coefficient (Wildman–Crippen LogP) is 3.50. The molecule has 0 aromatic carbocycles. The highest BCUT2D eigenvalue weighted by Crippen LogP contribution is 2.35. The first kappa shape index (κ1) is 14.3. The third-order valence-electron chi connectivity index (χ3n) is 3.63. The van der Waals surface area contributed by atoms with Crippen LogP contribution in [0.25, 0.3) is 0 Å². The van der Waals surface area contributed by atoms with Gasteiger partial charge >= 0.3 is 0 Å². The van der Waals surface area contributed by atoms with E-state index in [2.05, 4.69) is 15.0 Å². The Bertz CT molecular complexity index is 745. The minimum Gasteiger partial charge on any atom is -0.260 e. The van der Waals surface area contributed by atoms with Crippen molar-refractivity contribution in [1.82, 2.24) is 15.0 Å². The van der Waals surface area contributed by atoms with Crippen LogP contribution in [0.15, 0.2) is 60.8 Å². The average Bonchev–Trinajstić information content (AvgIpc) is 2.55. The second kappa shape index (κ2) is 5.60. The highest BCUT2D eigenvalue weighted by molar-refractivity contribution is 5.41. The zero-order chi connectivity index (χ0) is 15.6. The standard InChI is InChI=1S/C17H13F2N3/c1-17(12-6-2-3-11-20-12,13-7-4-9-15(18)21-13)14-8-5-10-16(19)22-14/h2-11H,1H3. The van der Waals surface area contributed by atoms with Crippen molar-refractivity contribution in [3.8, 4) is 0 Å². The molecular formula is C17H13F2N3. The van der Waals surface area contributed by atoms with Crippen LogP contribution in [0.5, 0.6) is 0 Å². The fourth-order valence-electron chi connectivity index (χ4n) is 2.43. The number of pyridine rings is 3. The van der Waals surface area contributed by atoms with Crippen LogP contribution in [0.2, 0.25) is 0 Å². The smallest absolute Gasteiger partial charge is 0.213 e. The number of hydrogen-bond acceptors (Lipinski definition) is 3. The molecule has 0 atom stereocenters. The SMILES string of the molecule is CC(c1ccccn1)(c1cccc(F)n1)c1cccc(F)n1. The first-order chi connectivity index (χ1) is 10.6. The molecule has 5 heteroatoms. The maximum absolute atomic E-state index is 13.6. The molecule has 3 heterocycles. The van der Waals surface area contributed by atoms with Crippen molar-refractivity contribution in [2.75, 3.05) is 0 Å². The van der Waals surface area contributed by atoms with Crippen molar-refractivity contribution in [2.24, 2.45) is 0 Å². The lowest BCUT2D eigenvalue weighted by molar-refractivity contribution is 0.528. The first-order valence-electron chi connectivity index (χ1n) is 6.78. The molecule has 0 aliphatic rings. The topological polar surface area (TPSA) is 38.7 Å². The number of aromatic nitrogens is 3. The van der Waals surface area contributed by atoms with E-state index >= 15 is 0 Å². The van der Waals surface area contributed by atoms with Crippen LogP contribution in [-0.2, 0) is 5.41 Å².